The van der Waals surface area contributed by atoms with Crippen molar-refractivity contribution < 1.29 is 14.6 Å². The number of nitrogens with zero attached hydrogens (tertiary/aromatic N) is 3. The Kier molecular flexibility index (Phi) is 6.44. The first-order valence-electron chi connectivity index (χ1n) is 9.90. The second-order valence-electron chi connectivity index (χ2n) is 7.95. The van der Waals surface area contributed by atoms with Crippen LogP contribution in [0.2, 0.25) is 5.02 Å². The number of aryl methyl sites for hydroxylation is 4. The summed E-state index contributed by atoms with van der Waals surface area (Å²) >= 11 is 6.21. The van der Waals surface area contributed by atoms with Gasteiger partial charge in [0.2, 0.25) is 0 Å². The molecule has 0 radical (unpaired) electrons. The largest absolute Gasteiger partial charge is 0.491 e. The fraction of sp³-hybridized carbons (Fsp3) is 0.500. The van der Waals surface area contributed by atoms with Gasteiger partial charge in [-0.15, -0.1) is 0 Å². The van der Waals surface area contributed by atoms with E-state index in [9.17, 15) is 9.90 Å². The molecule has 0 aliphatic carbocycles. The van der Waals surface area contributed by atoms with Gasteiger partial charge in [0.25, 0.3) is 5.91 Å². The standard InChI is InChI=1S/C22H28ClN3O3/c1-14-10-18(11-15(2)20(14)23)29-13-22(28)6-5-8-26(9-7-22)21(27)19-12-24-17(4)25-16(19)3/h10-12,28H,5-9,13H2,1-4H3. The lowest BCUT2D eigenvalue weighted by atomic mass is 9.96. The number of aromatic nitrogens is 2. The minimum absolute atomic E-state index is 0.0865. The van der Waals surface area contributed by atoms with Crippen LogP contribution in [0, 0.1) is 27.7 Å². The van der Waals surface area contributed by atoms with Crippen molar-refractivity contribution in [3.05, 3.63) is 51.6 Å². The molecule has 1 aromatic heterocycles. The van der Waals surface area contributed by atoms with Gasteiger partial charge in [0.15, 0.2) is 0 Å². The van der Waals surface area contributed by atoms with Crippen molar-refractivity contribution in [2.75, 3.05) is 19.7 Å². The van der Waals surface area contributed by atoms with E-state index in [1.807, 2.05) is 32.9 Å². The van der Waals surface area contributed by atoms with Gasteiger partial charge in [-0.3, -0.25) is 4.79 Å². The second kappa shape index (κ2) is 8.67. The van der Waals surface area contributed by atoms with Crippen molar-refractivity contribution in [3.63, 3.8) is 0 Å². The lowest BCUT2D eigenvalue weighted by molar-refractivity contribution is -0.0163. The van der Waals surface area contributed by atoms with Crippen LogP contribution in [0.3, 0.4) is 0 Å². The Hall–Kier alpha value is -2.18. The first kappa shape index (κ1) is 21.5. The first-order valence-corrected chi connectivity index (χ1v) is 10.3. The van der Waals surface area contributed by atoms with E-state index in [4.69, 9.17) is 16.3 Å². The predicted octanol–water partition coefficient (Wildman–Crippen LogP) is 3.80. The maximum absolute atomic E-state index is 12.9. The molecule has 1 unspecified atom stereocenters. The molecule has 7 heteroatoms. The lowest BCUT2D eigenvalue weighted by Crippen LogP contribution is -2.38. The Balaban J connectivity index is 1.64. The van der Waals surface area contributed by atoms with Gasteiger partial charge in [0.05, 0.1) is 11.3 Å². The maximum atomic E-state index is 12.9. The molecule has 2 aromatic rings. The molecule has 1 aliphatic heterocycles. The van der Waals surface area contributed by atoms with Crippen LogP contribution in [0.4, 0.5) is 0 Å². The maximum Gasteiger partial charge on any atom is 0.257 e. The van der Waals surface area contributed by atoms with Gasteiger partial charge < -0.3 is 14.7 Å². The number of rotatable bonds is 4. The number of halogens is 1. The van der Waals surface area contributed by atoms with E-state index in [2.05, 4.69) is 9.97 Å². The average Bonchev–Trinajstić information content (AvgIpc) is 2.86. The highest BCUT2D eigenvalue weighted by molar-refractivity contribution is 6.32. The van der Waals surface area contributed by atoms with Crippen LogP contribution in [0.1, 0.15) is 52.3 Å². The number of likely N-dealkylation sites (tertiary alicyclic amines) is 1. The summed E-state index contributed by atoms with van der Waals surface area (Å²) in [6, 6.07) is 3.76. The van der Waals surface area contributed by atoms with Gasteiger partial charge in [-0.1, -0.05) is 11.6 Å². The molecule has 6 nitrogen and oxygen atoms in total. The van der Waals surface area contributed by atoms with Gasteiger partial charge in [0, 0.05) is 24.3 Å². The number of benzene rings is 1. The van der Waals surface area contributed by atoms with Crippen molar-refractivity contribution >= 4 is 17.5 Å². The Morgan fingerprint density at radius 1 is 1.21 bits per heavy atom. The molecule has 0 spiro atoms. The summed E-state index contributed by atoms with van der Waals surface area (Å²) in [6.45, 7) is 8.73. The van der Waals surface area contributed by atoms with E-state index in [0.29, 0.717) is 55.2 Å². The molecule has 3 rings (SSSR count). The molecule has 0 saturated carbocycles. The molecule has 29 heavy (non-hydrogen) atoms. The first-order chi connectivity index (χ1) is 13.7. The molecule has 1 atom stereocenters. The Morgan fingerprint density at radius 3 is 2.55 bits per heavy atom. The van der Waals surface area contributed by atoms with Crippen molar-refractivity contribution in [2.24, 2.45) is 0 Å². The molecule has 0 bridgehead atoms. The minimum Gasteiger partial charge on any atom is -0.491 e. The number of carbonyl (C=O) groups excluding carboxylic acids is 1. The number of hydrogen-bond acceptors (Lipinski definition) is 5. The molecule has 156 valence electrons. The van der Waals surface area contributed by atoms with Gasteiger partial charge >= 0.3 is 0 Å². The monoisotopic (exact) mass is 417 g/mol. The normalized spacial score (nSPS) is 19.7. The predicted molar refractivity (Wildman–Crippen MR) is 113 cm³/mol. The van der Waals surface area contributed by atoms with Crippen molar-refractivity contribution in [1.29, 1.82) is 0 Å². The number of carbonyl (C=O) groups is 1. The molecular formula is C22H28ClN3O3. The molecule has 1 aliphatic rings. The molecule has 1 saturated heterocycles. The van der Waals surface area contributed by atoms with Gasteiger partial charge in [-0.05, 0) is 70.2 Å². The van der Waals surface area contributed by atoms with Crippen LogP contribution >= 0.6 is 11.6 Å². The van der Waals surface area contributed by atoms with Crippen LogP contribution in [-0.2, 0) is 0 Å². The minimum atomic E-state index is -0.977. The fourth-order valence-electron chi connectivity index (χ4n) is 3.70. The Bertz CT molecular complexity index is 895. The summed E-state index contributed by atoms with van der Waals surface area (Å²) < 4.78 is 5.90. The summed E-state index contributed by atoms with van der Waals surface area (Å²) in [5, 5.41) is 11.8. The van der Waals surface area contributed by atoms with Crippen LogP contribution < -0.4 is 4.74 Å². The molecule has 2 heterocycles. The summed E-state index contributed by atoms with van der Waals surface area (Å²) in [5.41, 5.74) is 2.11. The zero-order valence-electron chi connectivity index (χ0n) is 17.5. The van der Waals surface area contributed by atoms with Crippen LogP contribution in [0.25, 0.3) is 0 Å². The Labute approximate surface area is 176 Å². The van der Waals surface area contributed by atoms with Crippen molar-refractivity contribution in [1.82, 2.24) is 14.9 Å². The van der Waals surface area contributed by atoms with Crippen LogP contribution in [0.15, 0.2) is 18.3 Å². The quantitative estimate of drug-likeness (QED) is 0.818. The zero-order chi connectivity index (χ0) is 21.2. The van der Waals surface area contributed by atoms with Gasteiger partial charge in [0.1, 0.15) is 23.8 Å². The number of hydrogen-bond donors (Lipinski definition) is 1. The third-order valence-electron chi connectivity index (χ3n) is 5.45. The molecule has 1 amide bonds. The average molecular weight is 418 g/mol. The van der Waals surface area contributed by atoms with Crippen LogP contribution in [-0.4, -0.2) is 51.2 Å². The third kappa shape index (κ3) is 5.06. The molecule has 1 N–H and O–H groups in total. The third-order valence-corrected chi connectivity index (χ3v) is 6.05. The van der Waals surface area contributed by atoms with Crippen LogP contribution in [0.5, 0.6) is 5.75 Å². The second-order valence-corrected chi connectivity index (χ2v) is 8.32. The summed E-state index contributed by atoms with van der Waals surface area (Å²) in [4.78, 5) is 23.1. The SMILES string of the molecule is Cc1ncc(C(=O)N2CCCC(O)(COc3cc(C)c(Cl)c(C)c3)CC2)c(C)n1. The highest BCUT2D eigenvalue weighted by Gasteiger charge is 2.33. The van der Waals surface area contributed by atoms with Gasteiger partial charge in [-0.25, -0.2) is 9.97 Å². The lowest BCUT2D eigenvalue weighted by Gasteiger charge is -2.27. The molecule has 1 fully saturated rings. The van der Waals surface area contributed by atoms with Crippen molar-refractivity contribution in [2.45, 2.75) is 52.6 Å². The van der Waals surface area contributed by atoms with Crippen molar-refractivity contribution in [3.8, 4) is 5.75 Å². The number of ether oxygens (including phenoxy) is 1. The molecular weight excluding hydrogens is 390 g/mol. The number of aliphatic hydroxyl groups is 1. The summed E-state index contributed by atoms with van der Waals surface area (Å²) in [5.74, 6) is 1.26. The molecule has 1 aromatic carbocycles. The van der Waals surface area contributed by atoms with E-state index in [1.165, 1.54) is 0 Å². The van der Waals surface area contributed by atoms with E-state index in [1.54, 1.807) is 18.0 Å². The zero-order valence-corrected chi connectivity index (χ0v) is 18.2. The Morgan fingerprint density at radius 2 is 1.90 bits per heavy atom. The van der Waals surface area contributed by atoms with E-state index in [-0.39, 0.29) is 12.5 Å². The summed E-state index contributed by atoms with van der Waals surface area (Å²) in [6.07, 6.45) is 3.32. The number of amides is 1. The smallest absolute Gasteiger partial charge is 0.257 e. The van der Waals surface area contributed by atoms with E-state index in [0.717, 1.165) is 16.1 Å². The fourth-order valence-corrected chi connectivity index (χ4v) is 3.81. The highest BCUT2D eigenvalue weighted by Crippen LogP contribution is 2.28. The van der Waals surface area contributed by atoms with Gasteiger partial charge in [-0.2, -0.15) is 0 Å². The summed E-state index contributed by atoms with van der Waals surface area (Å²) in [7, 11) is 0. The highest BCUT2D eigenvalue weighted by atomic mass is 35.5. The van der Waals surface area contributed by atoms with E-state index >= 15 is 0 Å². The van der Waals surface area contributed by atoms with E-state index < -0.39 is 5.60 Å². The topological polar surface area (TPSA) is 75.6 Å².